The van der Waals surface area contributed by atoms with E-state index >= 15 is 0 Å². The van der Waals surface area contributed by atoms with E-state index in [4.69, 9.17) is 4.74 Å². The molecule has 0 fully saturated rings. The van der Waals surface area contributed by atoms with Crippen LogP contribution >= 0.6 is 0 Å². The van der Waals surface area contributed by atoms with Crippen molar-refractivity contribution in [3.8, 4) is 5.88 Å². The molecule has 2 heterocycles. The first-order valence-electron chi connectivity index (χ1n) is 9.84. The van der Waals surface area contributed by atoms with E-state index in [1.54, 1.807) is 13.0 Å². The molecule has 0 aliphatic carbocycles. The summed E-state index contributed by atoms with van der Waals surface area (Å²) in [5, 5.41) is 5.36. The van der Waals surface area contributed by atoms with Crippen LogP contribution in [0.3, 0.4) is 0 Å². The third-order valence-electron chi connectivity index (χ3n) is 4.44. The largest absolute Gasteiger partial charge is 0.471 e. The van der Waals surface area contributed by atoms with Crippen molar-refractivity contribution in [2.24, 2.45) is 0 Å². The minimum atomic E-state index is -3.14. The molecular weight excluding hydrogens is 406 g/mol. The fraction of sp³-hybridized carbons (Fsp3) is 0.364. The Morgan fingerprint density at radius 2 is 1.97 bits per heavy atom. The molecule has 2 aromatic rings. The number of halogens is 2. The van der Waals surface area contributed by atoms with Crippen LogP contribution in [0.25, 0.3) is 0 Å². The molecule has 2 amide bonds. The summed E-state index contributed by atoms with van der Waals surface area (Å²) in [7, 11) is 0. The predicted octanol–water partition coefficient (Wildman–Crippen LogP) is 3.91. The Hall–Kier alpha value is -3.36. The lowest BCUT2D eigenvalue weighted by atomic mass is 10.1. The average molecular weight is 432 g/mol. The van der Waals surface area contributed by atoms with Crippen LogP contribution in [0, 0.1) is 0 Å². The molecule has 0 spiro atoms. The molecule has 0 saturated heterocycles. The Morgan fingerprint density at radius 3 is 2.61 bits per heavy atom. The normalized spacial score (nSPS) is 11.0. The van der Waals surface area contributed by atoms with E-state index in [1.807, 2.05) is 6.92 Å². The second-order valence-corrected chi connectivity index (χ2v) is 6.95. The van der Waals surface area contributed by atoms with Gasteiger partial charge in [-0.25, -0.2) is 9.97 Å². The van der Waals surface area contributed by atoms with Crippen LogP contribution in [-0.4, -0.2) is 34.3 Å². The first kappa shape index (κ1) is 23.9. The fourth-order valence-electron chi connectivity index (χ4n) is 2.47. The highest BCUT2D eigenvalue weighted by Gasteiger charge is 2.31. The van der Waals surface area contributed by atoms with Gasteiger partial charge in [0.25, 0.3) is 5.91 Å². The number of nitrogens with zero attached hydrogens (tertiary/aromatic N) is 2. The number of hydrogen-bond donors (Lipinski definition) is 2. The van der Waals surface area contributed by atoms with Gasteiger partial charge in [0.15, 0.2) is 6.61 Å². The van der Waals surface area contributed by atoms with Crippen molar-refractivity contribution in [1.29, 1.82) is 0 Å². The van der Waals surface area contributed by atoms with Crippen LogP contribution in [0.1, 0.15) is 48.7 Å². The molecule has 0 aliphatic heterocycles. The second-order valence-electron chi connectivity index (χ2n) is 6.95. The molecule has 166 valence electrons. The molecule has 0 aromatic carbocycles. The van der Waals surface area contributed by atoms with Crippen LogP contribution in [0.5, 0.6) is 5.88 Å². The lowest BCUT2D eigenvalue weighted by molar-refractivity contribution is -0.115. The maximum atomic E-state index is 13.7. The van der Waals surface area contributed by atoms with Gasteiger partial charge >= 0.3 is 5.92 Å². The molecule has 0 aliphatic rings. The molecule has 0 atom stereocenters. The Labute approximate surface area is 179 Å². The third kappa shape index (κ3) is 6.84. The molecular formula is C22H26F2N4O3. The first-order valence-corrected chi connectivity index (χ1v) is 9.84. The first-order chi connectivity index (χ1) is 14.7. The van der Waals surface area contributed by atoms with E-state index in [2.05, 4.69) is 27.2 Å². The van der Waals surface area contributed by atoms with Crippen molar-refractivity contribution in [2.45, 2.75) is 46.1 Å². The van der Waals surface area contributed by atoms with E-state index in [9.17, 15) is 18.4 Å². The summed E-state index contributed by atoms with van der Waals surface area (Å²) in [5.41, 5.74) is 1.40. The Balaban J connectivity index is 2.02. The van der Waals surface area contributed by atoms with Crippen molar-refractivity contribution in [3.05, 3.63) is 59.4 Å². The van der Waals surface area contributed by atoms with Crippen molar-refractivity contribution in [2.75, 3.05) is 11.9 Å². The van der Waals surface area contributed by atoms with Gasteiger partial charge in [-0.2, -0.15) is 8.78 Å². The summed E-state index contributed by atoms with van der Waals surface area (Å²) in [5.74, 6) is -3.27. The summed E-state index contributed by atoms with van der Waals surface area (Å²) in [6, 6.07) is 4.77. The molecule has 9 heteroatoms. The molecule has 31 heavy (non-hydrogen) atoms. The molecule has 0 saturated carbocycles. The van der Waals surface area contributed by atoms with Crippen molar-refractivity contribution < 1.29 is 23.1 Å². The van der Waals surface area contributed by atoms with Gasteiger partial charge < -0.3 is 15.4 Å². The molecule has 2 aromatic heterocycles. The fourth-order valence-corrected chi connectivity index (χ4v) is 2.47. The summed E-state index contributed by atoms with van der Waals surface area (Å²) >= 11 is 0. The zero-order valence-corrected chi connectivity index (χ0v) is 17.8. The van der Waals surface area contributed by atoms with E-state index in [0.29, 0.717) is 35.3 Å². The van der Waals surface area contributed by atoms with Gasteiger partial charge in [-0.05, 0) is 42.7 Å². The van der Waals surface area contributed by atoms with Gasteiger partial charge in [0.1, 0.15) is 5.82 Å². The summed E-state index contributed by atoms with van der Waals surface area (Å²) in [6.45, 7) is 7.43. The quantitative estimate of drug-likeness (QED) is 0.556. The van der Waals surface area contributed by atoms with Crippen molar-refractivity contribution >= 4 is 17.6 Å². The highest BCUT2D eigenvalue weighted by atomic mass is 19.3. The number of hydrogen-bond acceptors (Lipinski definition) is 5. The number of amides is 2. The Morgan fingerprint density at radius 1 is 1.23 bits per heavy atom. The van der Waals surface area contributed by atoms with Crippen LogP contribution in [0.15, 0.2) is 42.7 Å². The molecule has 0 radical (unpaired) electrons. The van der Waals surface area contributed by atoms with Crippen LogP contribution in [-0.2, 0) is 17.8 Å². The number of pyridine rings is 2. The number of aryl methyl sites for hydroxylation is 1. The standard InChI is InChI=1S/C22H26F2N4O3/c1-5-16-9-15(12-27-21(16)31-13-22(23,24)14(3)4)11-26-20(30)17-7-8-25-18(10-17)28-19(29)6-2/h7-10,12H,3,5-6,11,13H2,1-2,4H3,(H,26,30)(H,25,28,29). The number of anilines is 1. The minimum Gasteiger partial charge on any atom is -0.471 e. The number of carbonyl (C=O) groups is 2. The van der Waals surface area contributed by atoms with Gasteiger partial charge in [-0.1, -0.05) is 20.4 Å². The topological polar surface area (TPSA) is 93.2 Å². The number of alkyl halides is 2. The number of rotatable bonds is 10. The van der Waals surface area contributed by atoms with Crippen LogP contribution < -0.4 is 15.4 Å². The molecule has 0 unspecified atom stereocenters. The smallest absolute Gasteiger partial charge is 0.302 e. The third-order valence-corrected chi connectivity index (χ3v) is 4.44. The highest BCUT2D eigenvalue weighted by molar-refractivity contribution is 5.96. The zero-order valence-electron chi connectivity index (χ0n) is 17.8. The Kier molecular flexibility index (Phi) is 8.18. The minimum absolute atomic E-state index is 0.129. The van der Waals surface area contributed by atoms with E-state index < -0.39 is 12.5 Å². The van der Waals surface area contributed by atoms with Gasteiger partial charge in [0, 0.05) is 36.5 Å². The maximum Gasteiger partial charge on any atom is 0.302 e. The van der Waals surface area contributed by atoms with Crippen LogP contribution in [0.4, 0.5) is 14.6 Å². The highest BCUT2D eigenvalue weighted by Crippen LogP contribution is 2.25. The maximum absolute atomic E-state index is 13.7. The van der Waals surface area contributed by atoms with Gasteiger partial charge in [-0.3, -0.25) is 9.59 Å². The van der Waals surface area contributed by atoms with Gasteiger partial charge in [-0.15, -0.1) is 0 Å². The molecule has 2 rings (SSSR count). The SMILES string of the molecule is C=C(C)C(F)(F)COc1ncc(CNC(=O)c2ccnc(NC(=O)CC)c2)cc1CC. The predicted molar refractivity (Wildman–Crippen MR) is 113 cm³/mol. The number of carbonyl (C=O) groups excluding carboxylic acids is 2. The molecule has 7 nitrogen and oxygen atoms in total. The van der Waals surface area contributed by atoms with Gasteiger partial charge in [0.2, 0.25) is 11.8 Å². The summed E-state index contributed by atoms with van der Waals surface area (Å²) < 4.78 is 32.6. The van der Waals surface area contributed by atoms with E-state index in [-0.39, 0.29) is 29.8 Å². The van der Waals surface area contributed by atoms with Crippen LogP contribution in [0.2, 0.25) is 0 Å². The Bertz CT molecular complexity index is 964. The van der Waals surface area contributed by atoms with Gasteiger partial charge in [0.05, 0.1) is 0 Å². The van der Waals surface area contributed by atoms with E-state index in [0.717, 1.165) is 0 Å². The number of ether oxygens (including phenoxy) is 1. The lowest BCUT2D eigenvalue weighted by Crippen LogP contribution is -2.27. The average Bonchev–Trinajstić information content (AvgIpc) is 2.76. The summed E-state index contributed by atoms with van der Waals surface area (Å²) in [4.78, 5) is 32.1. The lowest BCUT2D eigenvalue weighted by Gasteiger charge is -2.18. The monoisotopic (exact) mass is 432 g/mol. The number of aromatic nitrogens is 2. The zero-order chi connectivity index (χ0) is 23.0. The number of nitrogens with one attached hydrogen (secondary N) is 2. The summed E-state index contributed by atoms with van der Waals surface area (Å²) in [6.07, 6.45) is 3.72. The molecule has 0 bridgehead atoms. The van der Waals surface area contributed by atoms with Crippen molar-refractivity contribution in [3.63, 3.8) is 0 Å². The molecule has 2 N–H and O–H groups in total. The second kappa shape index (κ2) is 10.6. The van der Waals surface area contributed by atoms with Crippen molar-refractivity contribution in [1.82, 2.24) is 15.3 Å². The van der Waals surface area contributed by atoms with E-state index in [1.165, 1.54) is 31.5 Å².